The van der Waals surface area contributed by atoms with E-state index in [1.54, 1.807) is 0 Å². The van der Waals surface area contributed by atoms with Gasteiger partial charge in [-0.2, -0.15) is 0 Å². The van der Waals surface area contributed by atoms with Crippen LogP contribution >= 0.6 is 0 Å². The van der Waals surface area contributed by atoms with Crippen LogP contribution in [0.25, 0.3) is 0 Å². The second-order valence-electron chi connectivity index (χ2n) is 6.36. The fourth-order valence-corrected chi connectivity index (χ4v) is 2.88. The largest absolute Gasteiger partial charge is 0.326 e. The minimum Gasteiger partial charge on any atom is -0.326 e. The highest BCUT2D eigenvalue weighted by atomic mass is 16.1. The van der Waals surface area contributed by atoms with Crippen LogP contribution in [0.1, 0.15) is 19.4 Å². The quantitative estimate of drug-likeness (QED) is 0.802. The van der Waals surface area contributed by atoms with Crippen molar-refractivity contribution in [2.24, 2.45) is 5.92 Å². The number of amides is 1. The zero-order valence-corrected chi connectivity index (χ0v) is 14.6. The molecule has 0 saturated carbocycles. The molecule has 128 valence electrons. The summed E-state index contributed by atoms with van der Waals surface area (Å²) in [5.41, 5.74) is 2.17. The fraction of sp³-hybridized carbons (Fsp3) is 0.611. The molecule has 1 unspecified atom stereocenters. The number of anilines is 1. The van der Waals surface area contributed by atoms with Crippen molar-refractivity contribution >= 4 is 11.6 Å². The zero-order chi connectivity index (χ0) is 16.7. The van der Waals surface area contributed by atoms with Gasteiger partial charge in [0.25, 0.3) is 0 Å². The summed E-state index contributed by atoms with van der Waals surface area (Å²) in [6, 6.07) is 8.23. The Kier molecular flexibility index (Phi) is 7.02. The molecule has 1 saturated heterocycles. The maximum absolute atomic E-state index is 12.0. The van der Waals surface area contributed by atoms with Gasteiger partial charge < -0.3 is 15.5 Å². The van der Waals surface area contributed by atoms with E-state index >= 15 is 0 Å². The average Bonchev–Trinajstić information content (AvgIpc) is 2.57. The van der Waals surface area contributed by atoms with Crippen molar-refractivity contribution < 1.29 is 4.79 Å². The predicted octanol–water partition coefficient (Wildman–Crippen LogP) is 1.62. The standard InChI is InChI=1S/C18H30N4O/c1-4-21-9-11-22(12-10-21)14-16-5-7-17(8-6-16)20-18(23)15(2)13-19-3/h5-8,15,19H,4,9-14H2,1-3H3,(H,20,23). The summed E-state index contributed by atoms with van der Waals surface area (Å²) in [5.74, 6) is 0.0253. The number of likely N-dealkylation sites (N-methyl/N-ethyl adjacent to an activating group) is 1. The highest BCUT2D eigenvalue weighted by Crippen LogP contribution is 2.14. The number of carbonyl (C=O) groups excluding carboxylic acids is 1. The SMILES string of the molecule is CCN1CCN(Cc2ccc(NC(=O)C(C)CNC)cc2)CC1. The molecule has 1 heterocycles. The maximum Gasteiger partial charge on any atom is 0.228 e. The Morgan fingerprint density at radius 3 is 2.30 bits per heavy atom. The van der Waals surface area contributed by atoms with Gasteiger partial charge in [-0.3, -0.25) is 9.69 Å². The molecule has 1 aromatic carbocycles. The van der Waals surface area contributed by atoms with Gasteiger partial charge in [-0.1, -0.05) is 26.0 Å². The van der Waals surface area contributed by atoms with Crippen LogP contribution in [0.15, 0.2) is 24.3 Å². The van der Waals surface area contributed by atoms with Gasteiger partial charge in [0.15, 0.2) is 0 Å². The first-order chi connectivity index (χ1) is 11.1. The molecule has 1 aromatic rings. The van der Waals surface area contributed by atoms with Gasteiger partial charge in [0.05, 0.1) is 0 Å². The first kappa shape index (κ1) is 17.9. The van der Waals surface area contributed by atoms with Crippen molar-refractivity contribution in [3.05, 3.63) is 29.8 Å². The third kappa shape index (κ3) is 5.61. The molecule has 0 bridgehead atoms. The van der Waals surface area contributed by atoms with Crippen LogP contribution in [-0.2, 0) is 11.3 Å². The van der Waals surface area contributed by atoms with Crippen molar-refractivity contribution in [2.45, 2.75) is 20.4 Å². The summed E-state index contributed by atoms with van der Waals surface area (Å²) in [6.07, 6.45) is 0. The summed E-state index contributed by atoms with van der Waals surface area (Å²) < 4.78 is 0. The van der Waals surface area contributed by atoms with Gasteiger partial charge in [-0.25, -0.2) is 0 Å². The number of carbonyl (C=O) groups is 1. The molecule has 2 N–H and O–H groups in total. The van der Waals surface area contributed by atoms with Gasteiger partial charge in [-0.15, -0.1) is 0 Å². The van der Waals surface area contributed by atoms with Crippen LogP contribution in [0.3, 0.4) is 0 Å². The zero-order valence-electron chi connectivity index (χ0n) is 14.6. The Labute approximate surface area is 140 Å². The van der Waals surface area contributed by atoms with E-state index in [1.807, 2.05) is 26.1 Å². The third-order valence-electron chi connectivity index (χ3n) is 4.50. The molecular weight excluding hydrogens is 288 g/mol. The molecule has 0 spiro atoms. The van der Waals surface area contributed by atoms with Crippen LogP contribution < -0.4 is 10.6 Å². The first-order valence-electron chi connectivity index (χ1n) is 8.61. The highest BCUT2D eigenvalue weighted by Gasteiger charge is 2.15. The fourth-order valence-electron chi connectivity index (χ4n) is 2.88. The van der Waals surface area contributed by atoms with Crippen LogP contribution in [-0.4, -0.2) is 62.0 Å². The maximum atomic E-state index is 12.0. The van der Waals surface area contributed by atoms with E-state index in [1.165, 1.54) is 5.56 Å². The number of rotatable bonds is 7. The average molecular weight is 318 g/mol. The molecule has 5 heteroatoms. The molecular formula is C18H30N4O. The Morgan fingerprint density at radius 2 is 1.74 bits per heavy atom. The molecule has 1 atom stereocenters. The first-order valence-corrected chi connectivity index (χ1v) is 8.61. The van der Waals surface area contributed by atoms with Gasteiger partial charge in [0, 0.05) is 50.9 Å². The van der Waals surface area contributed by atoms with Gasteiger partial charge >= 0.3 is 0 Å². The molecule has 0 aromatic heterocycles. The van der Waals surface area contributed by atoms with E-state index in [4.69, 9.17) is 0 Å². The number of hydrogen-bond acceptors (Lipinski definition) is 4. The van der Waals surface area contributed by atoms with Gasteiger partial charge in [0.1, 0.15) is 0 Å². The molecule has 0 radical (unpaired) electrons. The van der Waals surface area contributed by atoms with Gasteiger partial charge in [-0.05, 0) is 31.3 Å². The summed E-state index contributed by atoms with van der Waals surface area (Å²) in [5, 5.41) is 6.00. The lowest BCUT2D eigenvalue weighted by atomic mass is 10.1. The summed E-state index contributed by atoms with van der Waals surface area (Å²) in [4.78, 5) is 17.0. The van der Waals surface area contributed by atoms with Crippen molar-refractivity contribution in [3.63, 3.8) is 0 Å². The Balaban J connectivity index is 1.81. The van der Waals surface area contributed by atoms with E-state index in [0.29, 0.717) is 6.54 Å². The summed E-state index contributed by atoms with van der Waals surface area (Å²) in [6.45, 7) is 11.6. The molecule has 1 aliphatic rings. The van der Waals surface area contributed by atoms with Crippen molar-refractivity contribution in [2.75, 3.05) is 51.6 Å². The molecule has 23 heavy (non-hydrogen) atoms. The number of piperazine rings is 1. The minimum absolute atomic E-state index is 0.0328. The van der Waals surface area contributed by atoms with E-state index in [9.17, 15) is 4.79 Å². The van der Waals surface area contributed by atoms with Crippen molar-refractivity contribution in [1.82, 2.24) is 15.1 Å². The Bertz CT molecular complexity index is 480. The van der Waals surface area contributed by atoms with E-state index in [0.717, 1.165) is 45.0 Å². The second-order valence-corrected chi connectivity index (χ2v) is 6.36. The number of nitrogens with zero attached hydrogens (tertiary/aromatic N) is 2. The van der Waals surface area contributed by atoms with Crippen molar-refractivity contribution in [1.29, 1.82) is 0 Å². The lowest BCUT2D eigenvalue weighted by Crippen LogP contribution is -2.45. The number of hydrogen-bond donors (Lipinski definition) is 2. The molecule has 1 fully saturated rings. The lowest BCUT2D eigenvalue weighted by Gasteiger charge is -2.34. The highest BCUT2D eigenvalue weighted by molar-refractivity contribution is 5.92. The van der Waals surface area contributed by atoms with E-state index in [-0.39, 0.29) is 11.8 Å². The monoisotopic (exact) mass is 318 g/mol. The Hall–Kier alpha value is -1.43. The molecule has 2 rings (SSSR count). The summed E-state index contributed by atoms with van der Waals surface area (Å²) >= 11 is 0. The normalized spacial score (nSPS) is 17.9. The van der Waals surface area contributed by atoms with Crippen LogP contribution in [0.4, 0.5) is 5.69 Å². The minimum atomic E-state index is -0.0328. The molecule has 1 amide bonds. The predicted molar refractivity (Wildman–Crippen MR) is 95.6 cm³/mol. The van der Waals surface area contributed by atoms with Crippen LogP contribution in [0.2, 0.25) is 0 Å². The lowest BCUT2D eigenvalue weighted by molar-refractivity contribution is -0.119. The topological polar surface area (TPSA) is 47.6 Å². The van der Waals surface area contributed by atoms with Crippen LogP contribution in [0, 0.1) is 5.92 Å². The van der Waals surface area contributed by atoms with E-state index in [2.05, 4.69) is 39.5 Å². The molecule has 0 aliphatic carbocycles. The Morgan fingerprint density at radius 1 is 1.13 bits per heavy atom. The summed E-state index contributed by atoms with van der Waals surface area (Å²) in [7, 11) is 1.86. The number of nitrogens with one attached hydrogen (secondary N) is 2. The molecule has 1 aliphatic heterocycles. The van der Waals surface area contributed by atoms with Crippen molar-refractivity contribution in [3.8, 4) is 0 Å². The van der Waals surface area contributed by atoms with E-state index < -0.39 is 0 Å². The van der Waals surface area contributed by atoms with Gasteiger partial charge in [0.2, 0.25) is 5.91 Å². The van der Waals surface area contributed by atoms with Crippen LogP contribution in [0.5, 0.6) is 0 Å². The number of benzene rings is 1. The molecule has 5 nitrogen and oxygen atoms in total. The second kappa shape index (κ2) is 9.01. The smallest absolute Gasteiger partial charge is 0.228 e. The third-order valence-corrected chi connectivity index (χ3v) is 4.50.